The summed E-state index contributed by atoms with van der Waals surface area (Å²) in [6, 6.07) is 0. The summed E-state index contributed by atoms with van der Waals surface area (Å²) in [5, 5.41) is 0. The van der Waals surface area contributed by atoms with Crippen molar-refractivity contribution in [2.75, 3.05) is 0 Å². The SMILES string of the molecule is [CH2]CCC(CC)(P(=O)(O)O)P(=O)(O)O. The van der Waals surface area contributed by atoms with Crippen molar-refractivity contribution in [2.24, 2.45) is 0 Å². The minimum absolute atomic E-state index is 0.0596. The molecule has 0 aromatic rings. The molecular weight excluding hydrogens is 230 g/mol. The summed E-state index contributed by atoms with van der Waals surface area (Å²) in [6.07, 6.45) is -0.515. The standard InChI is InChI=1S/C6H15O6P2/c1-3-5-6(4-2,13(7,8)9)14(10,11)12/h1,3-5H2,2H3,(H2,7,8,9)(H2,10,11,12). The lowest BCUT2D eigenvalue weighted by Crippen LogP contribution is -2.28. The van der Waals surface area contributed by atoms with Crippen LogP contribution in [0.2, 0.25) is 0 Å². The second kappa shape index (κ2) is 4.44. The number of hydrogen-bond donors (Lipinski definition) is 4. The highest BCUT2D eigenvalue weighted by atomic mass is 31.2. The molecule has 0 atom stereocenters. The van der Waals surface area contributed by atoms with Gasteiger partial charge in [-0.05, 0) is 12.8 Å². The fourth-order valence-electron chi connectivity index (χ4n) is 1.33. The Morgan fingerprint density at radius 1 is 1.14 bits per heavy atom. The number of hydrogen-bond acceptors (Lipinski definition) is 2. The van der Waals surface area contributed by atoms with Crippen molar-refractivity contribution in [1.29, 1.82) is 0 Å². The van der Waals surface area contributed by atoms with Crippen molar-refractivity contribution < 1.29 is 28.7 Å². The van der Waals surface area contributed by atoms with Gasteiger partial charge in [0.25, 0.3) is 0 Å². The second-order valence-electron chi connectivity index (χ2n) is 3.03. The van der Waals surface area contributed by atoms with Gasteiger partial charge in [-0.2, -0.15) is 0 Å². The topological polar surface area (TPSA) is 115 Å². The minimum atomic E-state index is -4.85. The quantitative estimate of drug-likeness (QED) is 0.538. The van der Waals surface area contributed by atoms with Crippen LogP contribution in [0.4, 0.5) is 0 Å². The van der Waals surface area contributed by atoms with Gasteiger partial charge in [0.2, 0.25) is 0 Å². The molecule has 0 aromatic heterocycles. The van der Waals surface area contributed by atoms with Gasteiger partial charge in [-0.1, -0.05) is 20.3 Å². The summed E-state index contributed by atoms with van der Waals surface area (Å²) in [4.78, 5) is 33.7. The van der Waals surface area contributed by atoms with Crippen molar-refractivity contribution in [3.05, 3.63) is 6.92 Å². The fourth-order valence-corrected chi connectivity index (χ4v) is 4.41. The lowest BCUT2D eigenvalue weighted by molar-refractivity contribution is 0.298. The van der Waals surface area contributed by atoms with Crippen LogP contribution < -0.4 is 0 Å². The predicted octanol–water partition coefficient (Wildman–Crippen LogP) is 1.06. The van der Waals surface area contributed by atoms with Crippen molar-refractivity contribution in [1.82, 2.24) is 0 Å². The van der Waals surface area contributed by atoms with Crippen LogP contribution in [0.25, 0.3) is 0 Å². The van der Waals surface area contributed by atoms with Crippen LogP contribution in [0.15, 0.2) is 0 Å². The van der Waals surface area contributed by atoms with Crippen LogP contribution in [-0.2, 0) is 9.13 Å². The zero-order valence-electron chi connectivity index (χ0n) is 7.83. The summed E-state index contributed by atoms with van der Waals surface area (Å²) in [7, 11) is -9.70. The van der Waals surface area contributed by atoms with Crippen LogP contribution in [0.1, 0.15) is 26.2 Å². The first-order chi connectivity index (χ1) is 6.12. The van der Waals surface area contributed by atoms with Crippen LogP contribution in [0.5, 0.6) is 0 Å². The van der Waals surface area contributed by atoms with E-state index in [-0.39, 0.29) is 19.3 Å². The molecule has 4 N–H and O–H groups in total. The average Bonchev–Trinajstić information content (AvgIpc) is 1.94. The van der Waals surface area contributed by atoms with Gasteiger partial charge in [0.05, 0.1) is 0 Å². The molecule has 6 nitrogen and oxygen atoms in total. The Morgan fingerprint density at radius 2 is 1.50 bits per heavy atom. The van der Waals surface area contributed by atoms with E-state index < -0.39 is 20.1 Å². The molecule has 0 saturated heterocycles. The normalized spacial score (nSPS) is 14.4. The van der Waals surface area contributed by atoms with Crippen LogP contribution in [0.3, 0.4) is 0 Å². The van der Waals surface area contributed by atoms with Gasteiger partial charge in [-0.3, -0.25) is 9.13 Å². The van der Waals surface area contributed by atoms with E-state index in [2.05, 4.69) is 6.92 Å². The molecule has 0 fully saturated rings. The molecule has 0 aliphatic rings. The van der Waals surface area contributed by atoms with Gasteiger partial charge in [0.1, 0.15) is 0 Å². The third kappa shape index (κ3) is 2.45. The van der Waals surface area contributed by atoms with Gasteiger partial charge in [0.15, 0.2) is 4.90 Å². The third-order valence-corrected chi connectivity index (χ3v) is 7.04. The molecule has 0 heterocycles. The molecule has 14 heavy (non-hydrogen) atoms. The Morgan fingerprint density at radius 3 is 1.57 bits per heavy atom. The Kier molecular flexibility index (Phi) is 4.53. The first kappa shape index (κ1) is 14.3. The highest BCUT2D eigenvalue weighted by Gasteiger charge is 2.57. The van der Waals surface area contributed by atoms with Gasteiger partial charge >= 0.3 is 15.2 Å². The predicted molar refractivity (Wildman–Crippen MR) is 51.7 cm³/mol. The molecule has 0 amide bonds. The molecule has 0 rings (SSSR count). The molecule has 0 unspecified atom stereocenters. The van der Waals surface area contributed by atoms with Crippen molar-refractivity contribution >= 4 is 15.2 Å². The van der Waals surface area contributed by atoms with Crippen molar-refractivity contribution in [3.8, 4) is 0 Å². The molecule has 0 aliphatic carbocycles. The Labute approximate surface area is 82.7 Å². The van der Waals surface area contributed by atoms with Gasteiger partial charge in [0, 0.05) is 0 Å². The Hall–Kier alpha value is 0.300. The monoisotopic (exact) mass is 245 g/mol. The van der Waals surface area contributed by atoms with E-state index in [4.69, 9.17) is 19.6 Å². The van der Waals surface area contributed by atoms with E-state index in [9.17, 15) is 9.13 Å². The molecule has 0 aromatic carbocycles. The van der Waals surface area contributed by atoms with Crippen molar-refractivity contribution in [3.63, 3.8) is 0 Å². The fraction of sp³-hybridized carbons (Fsp3) is 0.833. The van der Waals surface area contributed by atoms with E-state index in [0.29, 0.717) is 0 Å². The van der Waals surface area contributed by atoms with Crippen molar-refractivity contribution in [2.45, 2.75) is 31.1 Å². The largest absolute Gasteiger partial charge is 0.343 e. The average molecular weight is 245 g/mol. The zero-order chi connectivity index (χ0) is 11.6. The van der Waals surface area contributed by atoms with Gasteiger partial charge < -0.3 is 19.6 Å². The maximum atomic E-state index is 11.1. The Balaban J connectivity index is 5.45. The summed E-state index contributed by atoms with van der Waals surface area (Å²) in [6.45, 7) is 4.70. The van der Waals surface area contributed by atoms with Crippen LogP contribution in [0, 0.1) is 6.92 Å². The smallest absolute Gasteiger partial charge is 0.324 e. The maximum Gasteiger partial charge on any atom is 0.343 e. The molecule has 85 valence electrons. The van der Waals surface area contributed by atoms with E-state index in [1.165, 1.54) is 6.92 Å². The summed E-state index contributed by atoms with van der Waals surface area (Å²) in [5.74, 6) is 0. The van der Waals surface area contributed by atoms with Crippen LogP contribution >= 0.6 is 15.2 Å². The Bertz CT molecular complexity index is 254. The molecule has 8 heteroatoms. The third-order valence-electron chi connectivity index (χ3n) is 2.23. The van der Waals surface area contributed by atoms with Crippen LogP contribution in [-0.4, -0.2) is 24.5 Å². The van der Waals surface area contributed by atoms with E-state index in [1.807, 2.05) is 0 Å². The molecule has 0 bridgehead atoms. The molecule has 0 saturated carbocycles. The first-order valence-electron chi connectivity index (χ1n) is 4.03. The minimum Gasteiger partial charge on any atom is -0.324 e. The molecule has 0 aliphatic heterocycles. The van der Waals surface area contributed by atoms with E-state index in [1.54, 1.807) is 0 Å². The van der Waals surface area contributed by atoms with E-state index >= 15 is 0 Å². The maximum absolute atomic E-state index is 11.1. The molecule has 1 radical (unpaired) electrons. The zero-order valence-corrected chi connectivity index (χ0v) is 9.62. The highest BCUT2D eigenvalue weighted by molar-refractivity contribution is 7.72. The lowest BCUT2D eigenvalue weighted by Gasteiger charge is -2.33. The summed E-state index contributed by atoms with van der Waals surface area (Å²) >= 11 is 0. The summed E-state index contributed by atoms with van der Waals surface area (Å²) in [5.41, 5.74) is 0. The highest BCUT2D eigenvalue weighted by Crippen LogP contribution is 2.72. The van der Waals surface area contributed by atoms with Gasteiger partial charge in [-0.25, -0.2) is 0 Å². The van der Waals surface area contributed by atoms with E-state index in [0.717, 1.165) is 0 Å². The second-order valence-corrected chi connectivity index (χ2v) is 7.27. The molecule has 0 spiro atoms. The first-order valence-corrected chi connectivity index (χ1v) is 7.25. The summed E-state index contributed by atoms with van der Waals surface area (Å²) < 4.78 is 22.2. The molecular formula is C6H15O6P2. The number of rotatable bonds is 5. The van der Waals surface area contributed by atoms with Gasteiger partial charge in [-0.15, -0.1) is 0 Å². The lowest BCUT2D eigenvalue weighted by atomic mass is 10.2.